The maximum Gasteiger partial charge on any atom is 0.280 e. The first-order valence-corrected chi connectivity index (χ1v) is 10.1. The number of aromatic nitrogens is 1. The lowest BCUT2D eigenvalue weighted by Gasteiger charge is -2.14. The van der Waals surface area contributed by atoms with Crippen molar-refractivity contribution in [2.24, 2.45) is 5.10 Å². The summed E-state index contributed by atoms with van der Waals surface area (Å²) in [6.07, 6.45) is 1.54. The van der Waals surface area contributed by atoms with Crippen molar-refractivity contribution in [1.82, 2.24) is 4.98 Å². The molecule has 0 bridgehead atoms. The lowest BCUT2D eigenvalue weighted by atomic mass is 10.2. The van der Waals surface area contributed by atoms with E-state index in [-0.39, 0.29) is 5.56 Å². The number of hydrogen-bond acceptors (Lipinski definition) is 6. The SMILES string of the molecule is COc1ccc(/C=N/N(C(=O)c2cccc(F)c2)c2nc3ccc(OC)cc3s2)cc1. The van der Waals surface area contributed by atoms with Crippen molar-refractivity contribution in [3.63, 3.8) is 0 Å². The number of rotatable bonds is 6. The molecule has 0 fully saturated rings. The lowest BCUT2D eigenvalue weighted by Crippen LogP contribution is -2.25. The van der Waals surface area contributed by atoms with Gasteiger partial charge in [-0.2, -0.15) is 10.1 Å². The average molecular weight is 435 g/mol. The van der Waals surface area contributed by atoms with Gasteiger partial charge in [0.15, 0.2) is 0 Å². The first-order valence-electron chi connectivity index (χ1n) is 9.30. The number of carbonyl (C=O) groups is 1. The number of thiazole rings is 1. The number of amides is 1. The molecule has 0 spiro atoms. The normalized spacial score (nSPS) is 11.1. The number of carbonyl (C=O) groups excluding carboxylic acids is 1. The Labute approximate surface area is 182 Å². The van der Waals surface area contributed by atoms with Crippen LogP contribution in [0.3, 0.4) is 0 Å². The summed E-state index contributed by atoms with van der Waals surface area (Å²) in [6, 6.07) is 18.2. The Morgan fingerprint density at radius 3 is 2.48 bits per heavy atom. The second kappa shape index (κ2) is 8.93. The standard InChI is InChI=1S/C23H18FN3O3S/c1-29-18-8-6-15(7-9-18)14-25-27(22(28)16-4-3-5-17(24)12-16)23-26-20-11-10-19(30-2)13-21(20)31-23/h3-14H,1-2H3/b25-14+. The van der Waals surface area contributed by atoms with E-state index >= 15 is 0 Å². The molecule has 1 aromatic heterocycles. The molecule has 156 valence electrons. The van der Waals surface area contributed by atoms with Gasteiger partial charge in [0.25, 0.3) is 5.91 Å². The van der Waals surface area contributed by atoms with Crippen LogP contribution in [0.25, 0.3) is 10.2 Å². The predicted molar refractivity (Wildman–Crippen MR) is 120 cm³/mol. The molecule has 0 saturated carbocycles. The largest absolute Gasteiger partial charge is 0.497 e. The summed E-state index contributed by atoms with van der Waals surface area (Å²) in [5.74, 6) is 0.409. The van der Waals surface area contributed by atoms with E-state index in [1.54, 1.807) is 38.6 Å². The summed E-state index contributed by atoms with van der Waals surface area (Å²) < 4.78 is 25.0. The van der Waals surface area contributed by atoms with Crippen LogP contribution in [0.4, 0.5) is 9.52 Å². The summed E-state index contributed by atoms with van der Waals surface area (Å²) in [5.41, 5.74) is 1.64. The van der Waals surface area contributed by atoms with E-state index in [1.807, 2.05) is 24.3 Å². The average Bonchev–Trinajstić information content (AvgIpc) is 3.22. The predicted octanol–water partition coefficient (Wildman–Crippen LogP) is 5.13. The molecule has 4 rings (SSSR count). The van der Waals surface area contributed by atoms with E-state index in [9.17, 15) is 9.18 Å². The summed E-state index contributed by atoms with van der Waals surface area (Å²) in [4.78, 5) is 17.7. The monoisotopic (exact) mass is 435 g/mol. The van der Waals surface area contributed by atoms with Gasteiger partial charge in [0, 0.05) is 5.56 Å². The minimum atomic E-state index is -0.501. The molecule has 0 N–H and O–H groups in total. The van der Waals surface area contributed by atoms with E-state index in [1.165, 1.54) is 40.6 Å². The van der Waals surface area contributed by atoms with Gasteiger partial charge in [0.1, 0.15) is 17.3 Å². The van der Waals surface area contributed by atoms with Crippen molar-refractivity contribution in [2.75, 3.05) is 19.2 Å². The van der Waals surface area contributed by atoms with Crippen LogP contribution in [-0.4, -0.2) is 31.3 Å². The smallest absolute Gasteiger partial charge is 0.280 e. The van der Waals surface area contributed by atoms with Gasteiger partial charge < -0.3 is 9.47 Å². The van der Waals surface area contributed by atoms with E-state index in [0.717, 1.165) is 10.3 Å². The molecule has 0 aliphatic rings. The van der Waals surface area contributed by atoms with Crippen LogP contribution in [0.2, 0.25) is 0 Å². The zero-order valence-corrected chi connectivity index (χ0v) is 17.6. The summed E-state index contributed by atoms with van der Waals surface area (Å²) in [6.45, 7) is 0. The molecule has 0 aliphatic heterocycles. The van der Waals surface area contributed by atoms with Crippen molar-refractivity contribution < 1.29 is 18.7 Å². The number of ether oxygens (including phenoxy) is 2. The van der Waals surface area contributed by atoms with Crippen molar-refractivity contribution >= 4 is 38.8 Å². The van der Waals surface area contributed by atoms with E-state index in [2.05, 4.69) is 10.1 Å². The van der Waals surface area contributed by atoms with Crippen LogP contribution < -0.4 is 14.5 Å². The molecule has 4 aromatic rings. The maximum absolute atomic E-state index is 13.7. The number of halogens is 1. The van der Waals surface area contributed by atoms with Gasteiger partial charge >= 0.3 is 0 Å². The molecule has 1 amide bonds. The van der Waals surface area contributed by atoms with Gasteiger partial charge in [-0.25, -0.2) is 9.37 Å². The van der Waals surface area contributed by atoms with Crippen LogP contribution in [0.15, 0.2) is 71.8 Å². The molecule has 6 nitrogen and oxygen atoms in total. The van der Waals surface area contributed by atoms with Gasteiger partial charge in [-0.1, -0.05) is 17.4 Å². The van der Waals surface area contributed by atoms with Crippen LogP contribution in [0.5, 0.6) is 11.5 Å². The highest BCUT2D eigenvalue weighted by Crippen LogP contribution is 2.32. The molecule has 0 saturated heterocycles. The van der Waals surface area contributed by atoms with E-state index < -0.39 is 11.7 Å². The molecule has 8 heteroatoms. The fourth-order valence-electron chi connectivity index (χ4n) is 2.86. The first kappa shape index (κ1) is 20.5. The van der Waals surface area contributed by atoms with Crippen molar-refractivity contribution in [3.05, 3.63) is 83.7 Å². The van der Waals surface area contributed by atoms with E-state index in [0.29, 0.717) is 22.1 Å². The molecular weight excluding hydrogens is 417 g/mol. The van der Waals surface area contributed by atoms with Gasteiger partial charge in [0.05, 0.1) is 30.7 Å². The minimum absolute atomic E-state index is 0.170. The number of methoxy groups -OCH3 is 2. The minimum Gasteiger partial charge on any atom is -0.497 e. The zero-order chi connectivity index (χ0) is 21.8. The Morgan fingerprint density at radius 1 is 1.03 bits per heavy atom. The van der Waals surface area contributed by atoms with Crippen molar-refractivity contribution in [2.45, 2.75) is 0 Å². The number of hydrogen-bond donors (Lipinski definition) is 0. The highest BCUT2D eigenvalue weighted by Gasteiger charge is 2.21. The van der Waals surface area contributed by atoms with Gasteiger partial charge in [-0.05, 0) is 66.2 Å². The Hall–Kier alpha value is -3.78. The number of nitrogens with zero attached hydrogens (tertiary/aromatic N) is 3. The third kappa shape index (κ3) is 4.54. The number of fused-ring (bicyclic) bond motifs is 1. The summed E-state index contributed by atoms with van der Waals surface area (Å²) in [7, 11) is 3.17. The molecule has 31 heavy (non-hydrogen) atoms. The third-order valence-electron chi connectivity index (χ3n) is 4.47. The highest BCUT2D eigenvalue weighted by atomic mass is 32.1. The highest BCUT2D eigenvalue weighted by molar-refractivity contribution is 7.22. The Kier molecular flexibility index (Phi) is 5.90. The van der Waals surface area contributed by atoms with Crippen LogP contribution in [0, 0.1) is 5.82 Å². The number of hydrazone groups is 1. The molecule has 0 radical (unpaired) electrons. The topological polar surface area (TPSA) is 64.0 Å². The van der Waals surface area contributed by atoms with Crippen molar-refractivity contribution in [3.8, 4) is 11.5 Å². The van der Waals surface area contributed by atoms with Crippen LogP contribution in [-0.2, 0) is 0 Å². The van der Waals surface area contributed by atoms with Gasteiger partial charge in [-0.15, -0.1) is 0 Å². The van der Waals surface area contributed by atoms with Gasteiger partial charge in [0.2, 0.25) is 5.13 Å². The van der Waals surface area contributed by atoms with Crippen LogP contribution in [0.1, 0.15) is 15.9 Å². The molecule has 0 atom stereocenters. The number of benzene rings is 3. The summed E-state index contributed by atoms with van der Waals surface area (Å²) in [5, 5.41) is 5.92. The fraction of sp³-hybridized carbons (Fsp3) is 0.0870. The van der Waals surface area contributed by atoms with Crippen LogP contribution >= 0.6 is 11.3 Å². The van der Waals surface area contributed by atoms with Gasteiger partial charge in [-0.3, -0.25) is 4.79 Å². The second-order valence-electron chi connectivity index (χ2n) is 6.48. The molecule has 0 aliphatic carbocycles. The lowest BCUT2D eigenvalue weighted by molar-refractivity contribution is 0.0987. The van der Waals surface area contributed by atoms with E-state index in [4.69, 9.17) is 9.47 Å². The maximum atomic E-state index is 13.7. The molecule has 0 unspecified atom stereocenters. The van der Waals surface area contributed by atoms with Crippen molar-refractivity contribution in [1.29, 1.82) is 0 Å². The fourth-order valence-corrected chi connectivity index (χ4v) is 3.81. The zero-order valence-electron chi connectivity index (χ0n) is 16.8. The number of anilines is 1. The Bertz CT molecular complexity index is 1250. The molecule has 3 aromatic carbocycles. The second-order valence-corrected chi connectivity index (χ2v) is 7.48. The molecular formula is C23H18FN3O3S. The Morgan fingerprint density at radius 2 is 1.77 bits per heavy atom. The Balaban J connectivity index is 1.74. The summed E-state index contributed by atoms with van der Waals surface area (Å²) >= 11 is 1.29. The third-order valence-corrected chi connectivity index (χ3v) is 5.46. The quantitative estimate of drug-likeness (QED) is 0.311. The molecule has 1 heterocycles. The first-order chi connectivity index (χ1) is 15.1.